The van der Waals surface area contributed by atoms with Gasteiger partial charge in [-0.05, 0) is 54.8 Å². The first kappa shape index (κ1) is 25.3. The Bertz CT molecular complexity index is 1290. The molecule has 0 aliphatic carbocycles. The predicted octanol–water partition coefficient (Wildman–Crippen LogP) is 5.83. The zero-order valence-electron chi connectivity index (χ0n) is 19.7. The van der Waals surface area contributed by atoms with E-state index in [1.807, 2.05) is 36.4 Å². The summed E-state index contributed by atoms with van der Waals surface area (Å²) in [6.45, 7) is 4.61. The van der Waals surface area contributed by atoms with Gasteiger partial charge in [-0.1, -0.05) is 59.1 Å². The normalized spacial score (nSPS) is 19.4. The smallest absolute Gasteiger partial charge is 0.326 e. The summed E-state index contributed by atoms with van der Waals surface area (Å²) >= 11 is 19.7. The summed E-state index contributed by atoms with van der Waals surface area (Å²) < 4.78 is 0. The standard InChI is InChI=1S/C27H27Cl3N4O2/c1-27(36,13-17-14-31-9-10-32-17)16-11-19(18-5-2-3-6-21(18)28)20-15-33-26(35)34(24(20)12-16)25-22(29)7-4-8-23(25)30/h2-8,11-12,17,31-32,36H,9-10,13-15H2,1H3,(H,33,35). The largest absolute Gasteiger partial charge is 0.385 e. The zero-order valence-corrected chi connectivity index (χ0v) is 22.0. The average molecular weight is 546 g/mol. The Morgan fingerprint density at radius 2 is 1.72 bits per heavy atom. The Morgan fingerprint density at radius 1 is 1.00 bits per heavy atom. The van der Waals surface area contributed by atoms with Crippen molar-refractivity contribution < 1.29 is 9.90 Å². The van der Waals surface area contributed by atoms with Crippen LogP contribution in [-0.4, -0.2) is 36.8 Å². The minimum atomic E-state index is -1.19. The fourth-order valence-corrected chi connectivity index (χ4v) is 5.81. The third-order valence-electron chi connectivity index (χ3n) is 6.80. The number of carbonyl (C=O) groups is 1. The quantitative estimate of drug-likeness (QED) is 0.325. The Kier molecular flexibility index (Phi) is 7.18. The van der Waals surface area contributed by atoms with Crippen LogP contribution in [0.1, 0.15) is 24.5 Å². The van der Waals surface area contributed by atoms with Gasteiger partial charge in [0.1, 0.15) is 0 Å². The van der Waals surface area contributed by atoms with E-state index in [0.29, 0.717) is 45.0 Å². The molecule has 2 aliphatic rings. The molecule has 3 aromatic rings. The van der Waals surface area contributed by atoms with Crippen molar-refractivity contribution in [1.82, 2.24) is 16.0 Å². The number of aliphatic hydroxyl groups is 1. The molecule has 36 heavy (non-hydrogen) atoms. The van der Waals surface area contributed by atoms with Crippen molar-refractivity contribution in [2.75, 3.05) is 24.5 Å². The van der Waals surface area contributed by atoms with Crippen molar-refractivity contribution >= 4 is 52.2 Å². The molecule has 1 fully saturated rings. The number of benzene rings is 3. The van der Waals surface area contributed by atoms with E-state index in [9.17, 15) is 9.90 Å². The second-order valence-corrected chi connectivity index (χ2v) is 10.6. The molecule has 4 N–H and O–H groups in total. The second-order valence-electron chi connectivity index (χ2n) is 9.40. The van der Waals surface area contributed by atoms with E-state index in [4.69, 9.17) is 34.8 Å². The van der Waals surface area contributed by atoms with Crippen molar-refractivity contribution in [3.8, 4) is 11.1 Å². The van der Waals surface area contributed by atoms with Crippen LogP contribution >= 0.6 is 34.8 Å². The summed E-state index contributed by atoms with van der Waals surface area (Å²) in [7, 11) is 0. The van der Waals surface area contributed by atoms with E-state index >= 15 is 0 Å². The van der Waals surface area contributed by atoms with Crippen LogP contribution in [-0.2, 0) is 12.1 Å². The maximum Gasteiger partial charge on any atom is 0.326 e. The summed E-state index contributed by atoms with van der Waals surface area (Å²) in [6, 6.07) is 16.3. The number of nitrogens with one attached hydrogen (secondary N) is 3. The molecule has 2 aliphatic heterocycles. The minimum absolute atomic E-state index is 0.103. The van der Waals surface area contributed by atoms with Gasteiger partial charge >= 0.3 is 6.03 Å². The highest BCUT2D eigenvalue weighted by atomic mass is 35.5. The number of hydrogen-bond donors (Lipinski definition) is 4. The van der Waals surface area contributed by atoms with Crippen LogP contribution in [0, 0.1) is 0 Å². The van der Waals surface area contributed by atoms with Gasteiger partial charge in [0, 0.05) is 48.4 Å². The van der Waals surface area contributed by atoms with Crippen molar-refractivity contribution in [3.05, 3.63) is 80.8 Å². The van der Waals surface area contributed by atoms with Gasteiger partial charge in [0.2, 0.25) is 0 Å². The molecule has 0 aromatic heterocycles. The summed E-state index contributed by atoms with van der Waals surface area (Å²) in [4.78, 5) is 14.7. The monoisotopic (exact) mass is 544 g/mol. The van der Waals surface area contributed by atoms with Gasteiger partial charge in [-0.2, -0.15) is 0 Å². The van der Waals surface area contributed by atoms with Crippen LogP contribution < -0.4 is 20.9 Å². The number of fused-ring (bicyclic) bond motifs is 1. The second kappa shape index (κ2) is 10.2. The van der Waals surface area contributed by atoms with Gasteiger partial charge < -0.3 is 21.1 Å². The van der Waals surface area contributed by atoms with Gasteiger partial charge in [0.05, 0.1) is 27.0 Å². The fourth-order valence-electron chi connectivity index (χ4n) is 5.01. The van der Waals surface area contributed by atoms with E-state index in [0.717, 1.165) is 36.3 Å². The number of rotatable bonds is 5. The Morgan fingerprint density at radius 3 is 2.42 bits per heavy atom. The van der Waals surface area contributed by atoms with Gasteiger partial charge in [0.15, 0.2) is 0 Å². The Labute approximate surface area is 225 Å². The first-order chi connectivity index (χ1) is 17.3. The van der Waals surface area contributed by atoms with Gasteiger partial charge in [0.25, 0.3) is 0 Å². The number of piperazine rings is 1. The summed E-state index contributed by atoms with van der Waals surface area (Å²) in [6.07, 6.45) is 0.486. The maximum atomic E-state index is 13.2. The molecular weight excluding hydrogens is 519 g/mol. The van der Waals surface area contributed by atoms with Crippen LogP contribution in [0.2, 0.25) is 15.1 Å². The topological polar surface area (TPSA) is 76.6 Å². The minimum Gasteiger partial charge on any atom is -0.385 e. The number of hydrogen-bond acceptors (Lipinski definition) is 4. The lowest BCUT2D eigenvalue weighted by Crippen LogP contribution is -2.50. The first-order valence-electron chi connectivity index (χ1n) is 11.9. The van der Waals surface area contributed by atoms with E-state index < -0.39 is 5.60 Å². The lowest BCUT2D eigenvalue weighted by molar-refractivity contribution is 0.0348. The molecule has 0 radical (unpaired) electrons. The Balaban J connectivity index is 1.72. The van der Waals surface area contributed by atoms with Crippen LogP contribution in [0.5, 0.6) is 0 Å². The van der Waals surface area contributed by atoms with E-state index in [1.54, 1.807) is 25.1 Å². The molecule has 188 valence electrons. The molecule has 1 saturated heterocycles. The number of carbonyl (C=O) groups excluding carboxylic acids is 1. The maximum absolute atomic E-state index is 13.2. The van der Waals surface area contributed by atoms with Crippen molar-refractivity contribution in [2.45, 2.75) is 31.5 Å². The first-order valence-corrected chi connectivity index (χ1v) is 13.0. The molecule has 2 amide bonds. The van der Waals surface area contributed by atoms with Crippen LogP contribution in [0.25, 0.3) is 11.1 Å². The van der Waals surface area contributed by atoms with Crippen molar-refractivity contribution in [3.63, 3.8) is 0 Å². The van der Waals surface area contributed by atoms with E-state index in [2.05, 4.69) is 16.0 Å². The number of nitrogens with zero attached hydrogens (tertiary/aromatic N) is 1. The molecule has 0 saturated carbocycles. The molecular formula is C27H27Cl3N4O2. The molecule has 2 heterocycles. The third kappa shape index (κ3) is 4.82. The van der Waals surface area contributed by atoms with Crippen LogP contribution in [0.4, 0.5) is 16.2 Å². The molecule has 0 bridgehead atoms. The highest BCUT2D eigenvalue weighted by molar-refractivity contribution is 6.40. The highest BCUT2D eigenvalue weighted by Crippen LogP contribution is 2.46. The summed E-state index contributed by atoms with van der Waals surface area (Å²) in [5.74, 6) is 0. The fraction of sp³-hybridized carbons (Fsp3) is 0.296. The van der Waals surface area contributed by atoms with E-state index in [1.165, 1.54) is 4.90 Å². The molecule has 9 heteroatoms. The van der Waals surface area contributed by atoms with Crippen LogP contribution in [0.15, 0.2) is 54.6 Å². The van der Waals surface area contributed by atoms with Gasteiger partial charge in [-0.25, -0.2) is 4.79 Å². The number of amides is 2. The summed E-state index contributed by atoms with van der Waals surface area (Å²) in [5.41, 5.74) is 2.98. The lowest BCUT2D eigenvalue weighted by Gasteiger charge is -2.36. The molecule has 2 unspecified atom stereocenters. The molecule has 2 atom stereocenters. The van der Waals surface area contributed by atoms with Gasteiger partial charge in [-0.3, -0.25) is 4.90 Å². The van der Waals surface area contributed by atoms with Crippen LogP contribution in [0.3, 0.4) is 0 Å². The molecule has 5 rings (SSSR count). The third-order valence-corrected chi connectivity index (χ3v) is 7.74. The summed E-state index contributed by atoms with van der Waals surface area (Å²) in [5, 5.41) is 22.8. The zero-order chi connectivity index (χ0) is 25.4. The van der Waals surface area contributed by atoms with Gasteiger partial charge in [-0.15, -0.1) is 0 Å². The average Bonchev–Trinajstić information content (AvgIpc) is 2.85. The SMILES string of the molecule is CC(O)(CC1CNCCN1)c1cc(-c2ccccc2Cl)c2c(c1)N(c1c(Cl)cccc1Cl)C(=O)NC2. The number of urea groups is 1. The molecule has 0 spiro atoms. The van der Waals surface area contributed by atoms with Crippen molar-refractivity contribution in [2.24, 2.45) is 0 Å². The van der Waals surface area contributed by atoms with E-state index in [-0.39, 0.29) is 12.1 Å². The highest BCUT2D eigenvalue weighted by Gasteiger charge is 2.35. The number of para-hydroxylation sites is 1. The number of halogens is 3. The van der Waals surface area contributed by atoms with Crippen molar-refractivity contribution in [1.29, 1.82) is 0 Å². The molecule has 6 nitrogen and oxygen atoms in total. The molecule has 3 aromatic carbocycles. The number of anilines is 2. The predicted molar refractivity (Wildman–Crippen MR) is 147 cm³/mol. The lowest BCUT2D eigenvalue weighted by atomic mass is 9.84. The Hall–Kier alpha value is -2.32.